The van der Waals surface area contributed by atoms with Crippen molar-refractivity contribution in [2.24, 2.45) is 4.99 Å². The molecule has 0 unspecified atom stereocenters. The number of hydrogen-bond donors (Lipinski definition) is 1. The quantitative estimate of drug-likeness (QED) is 0.812. The summed E-state index contributed by atoms with van der Waals surface area (Å²) >= 11 is 1.28. The van der Waals surface area contributed by atoms with Gasteiger partial charge in [0.15, 0.2) is 5.17 Å². The van der Waals surface area contributed by atoms with Gasteiger partial charge in [0.05, 0.1) is 17.2 Å². The van der Waals surface area contributed by atoms with Gasteiger partial charge < -0.3 is 14.6 Å². The molecule has 1 saturated heterocycles. The molecule has 26 heavy (non-hydrogen) atoms. The number of rotatable bonds is 5. The van der Waals surface area contributed by atoms with Crippen molar-refractivity contribution < 1.29 is 13.9 Å². The van der Waals surface area contributed by atoms with E-state index in [2.05, 4.69) is 20.9 Å². The maximum atomic E-state index is 13.0. The largest absolute Gasteiger partial charge is 0.383 e. The molecule has 136 valence electrons. The standard InChI is InChI=1S/C19H20FN3O2S/c1-12-10-14(13(2)23(12)8-9-25-3)11-17-18(24)22-19(26-17)21-16-6-4-15(20)5-7-16/h4-7,10-11H,8-9H2,1-3H3,(H,21,22,24)/b17-11+. The lowest BCUT2D eigenvalue weighted by Gasteiger charge is -2.08. The number of amides is 1. The normalized spacial score (nSPS) is 17.3. The van der Waals surface area contributed by atoms with E-state index < -0.39 is 0 Å². The summed E-state index contributed by atoms with van der Waals surface area (Å²) in [5, 5.41) is 3.23. The monoisotopic (exact) mass is 373 g/mol. The number of nitrogens with one attached hydrogen (secondary N) is 1. The van der Waals surface area contributed by atoms with E-state index in [0.29, 0.717) is 22.4 Å². The van der Waals surface area contributed by atoms with Crippen molar-refractivity contribution in [2.75, 3.05) is 13.7 Å². The first-order chi connectivity index (χ1) is 12.5. The number of aryl methyl sites for hydroxylation is 1. The van der Waals surface area contributed by atoms with Crippen molar-refractivity contribution >= 4 is 34.6 Å². The maximum absolute atomic E-state index is 13.0. The fourth-order valence-electron chi connectivity index (χ4n) is 2.76. The first kappa shape index (κ1) is 18.4. The Morgan fingerprint density at radius 3 is 2.73 bits per heavy atom. The van der Waals surface area contributed by atoms with Crippen LogP contribution in [0.4, 0.5) is 10.1 Å². The lowest BCUT2D eigenvalue weighted by molar-refractivity contribution is -0.115. The van der Waals surface area contributed by atoms with Crippen molar-refractivity contribution in [3.05, 3.63) is 58.0 Å². The van der Waals surface area contributed by atoms with Gasteiger partial charge in [0, 0.05) is 25.0 Å². The highest BCUT2D eigenvalue weighted by molar-refractivity contribution is 8.18. The molecule has 1 aliphatic rings. The summed E-state index contributed by atoms with van der Waals surface area (Å²) in [6.07, 6.45) is 1.87. The number of carbonyl (C=O) groups is 1. The molecular weight excluding hydrogens is 353 g/mol. The molecule has 0 saturated carbocycles. The average molecular weight is 373 g/mol. The molecule has 1 N–H and O–H groups in total. The van der Waals surface area contributed by atoms with Gasteiger partial charge in [0.2, 0.25) is 0 Å². The minimum absolute atomic E-state index is 0.183. The van der Waals surface area contributed by atoms with Crippen molar-refractivity contribution in [1.82, 2.24) is 9.88 Å². The third-order valence-corrected chi connectivity index (χ3v) is 5.04. The van der Waals surface area contributed by atoms with E-state index in [1.165, 1.54) is 23.9 Å². The summed E-state index contributed by atoms with van der Waals surface area (Å²) in [6.45, 7) is 5.47. The van der Waals surface area contributed by atoms with Crippen molar-refractivity contribution in [3.63, 3.8) is 0 Å². The summed E-state index contributed by atoms with van der Waals surface area (Å²) in [7, 11) is 1.68. The second-order valence-corrected chi connectivity index (χ2v) is 6.96. The van der Waals surface area contributed by atoms with Gasteiger partial charge in [-0.3, -0.25) is 4.79 Å². The first-order valence-electron chi connectivity index (χ1n) is 8.19. The van der Waals surface area contributed by atoms with Crippen LogP contribution in [0, 0.1) is 19.7 Å². The maximum Gasteiger partial charge on any atom is 0.264 e. The fourth-order valence-corrected chi connectivity index (χ4v) is 3.59. The number of aliphatic imine (C=N–C) groups is 1. The number of thioether (sulfide) groups is 1. The third-order valence-electron chi connectivity index (χ3n) is 4.13. The average Bonchev–Trinajstić information content (AvgIpc) is 3.08. The Bertz CT molecular complexity index is 885. The smallest absolute Gasteiger partial charge is 0.264 e. The molecule has 0 atom stereocenters. The molecule has 0 aliphatic carbocycles. The van der Waals surface area contributed by atoms with Crippen LogP contribution in [0.1, 0.15) is 17.0 Å². The molecule has 2 aromatic rings. The Morgan fingerprint density at radius 1 is 1.31 bits per heavy atom. The Kier molecular flexibility index (Phi) is 5.58. The molecular formula is C19H20FN3O2S. The molecule has 1 aliphatic heterocycles. The molecule has 5 nitrogen and oxygen atoms in total. The van der Waals surface area contributed by atoms with Gasteiger partial charge in [-0.1, -0.05) is 0 Å². The Hall–Kier alpha value is -2.38. The number of carbonyl (C=O) groups excluding carboxylic acids is 1. The summed E-state index contributed by atoms with van der Waals surface area (Å²) in [6, 6.07) is 7.88. The zero-order chi connectivity index (χ0) is 18.7. The van der Waals surface area contributed by atoms with E-state index in [1.807, 2.05) is 19.9 Å². The Morgan fingerprint density at radius 2 is 2.04 bits per heavy atom. The zero-order valence-electron chi connectivity index (χ0n) is 14.9. The lowest BCUT2D eigenvalue weighted by atomic mass is 10.2. The molecule has 1 aromatic carbocycles. The second-order valence-electron chi connectivity index (χ2n) is 5.93. The highest BCUT2D eigenvalue weighted by Gasteiger charge is 2.24. The third kappa shape index (κ3) is 4.05. The molecule has 0 spiro atoms. The highest BCUT2D eigenvalue weighted by atomic mass is 32.2. The zero-order valence-corrected chi connectivity index (χ0v) is 15.7. The Balaban J connectivity index is 1.82. The molecule has 1 fully saturated rings. The van der Waals surface area contributed by atoms with Crippen LogP contribution in [0.5, 0.6) is 0 Å². The second kappa shape index (κ2) is 7.88. The number of nitrogens with zero attached hydrogens (tertiary/aromatic N) is 2. The molecule has 7 heteroatoms. The number of ether oxygens (including phenoxy) is 1. The number of hydrogen-bond acceptors (Lipinski definition) is 4. The van der Waals surface area contributed by atoms with Crippen molar-refractivity contribution in [3.8, 4) is 0 Å². The summed E-state index contributed by atoms with van der Waals surface area (Å²) in [5.41, 5.74) is 3.80. The minimum Gasteiger partial charge on any atom is -0.383 e. The SMILES string of the molecule is COCCn1c(C)cc(/C=C2/SC(=Nc3ccc(F)cc3)NC2=O)c1C. The van der Waals surface area contributed by atoms with Crippen LogP contribution in [0.2, 0.25) is 0 Å². The summed E-state index contributed by atoms with van der Waals surface area (Å²) in [4.78, 5) is 17.2. The number of amidine groups is 1. The van der Waals surface area contributed by atoms with Gasteiger partial charge in [0.1, 0.15) is 5.82 Å². The van der Waals surface area contributed by atoms with Crippen LogP contribution < -0.4 is 5.32 Å². The lowest BCUT2D eigenvalue weighted by Crippen LogP contribution is -2.19. The Labute approximate surface area is 156 Å². The van der Waals surface area contributed by atoms with E-state index in [1.54, 1.807) is 19.2 Å². The molecule has 1 aromatic heterocycles. The van der Waals surface area contributed by atoms with E-state index in [4.69, 9.17) is 4.74 Å². The first-order valence-corrected chi connectivity index (χ1v) is 9.00. The van der Waals surface area contributed by atoms with Gasteiger partial charge in [-0.25, -0.2) is 9.38 Å². The van der Waals surface area contributed by atoms with Gasteiger partial charge in [0.25, 0.3) is 5.91 Å². The van der Waals surface area contributed by atoms with Crippen LogP contribution in [-0.2, 0) is 16.1 Å². The predicted octanol–water partition coefficient (Wildman–Crippen LogP) is 3.78. The predicted molar refractivity (Wildman–Crippen MR) is 103 cm³/mol. The van der Waals surface area contributed by atoms with Crippen LogP contribution in [0.25, 0.3) is 6.08 Å². The van der Waals surface area contributed by atoms with Gasteiger partial charge >= 0.3 is 0 Å². The fraction of sp³-hybridized carbons (Fsp3) is 0.263. The van der Waals surface area contributed by atoms with Gasteiger partial charge in [-0.05, 0) is 67.6 Å². The molecule has 1 amide bonds. The molecule has 3 rings (SSSR count). The number of halogens is 1. The minimum atomic E-state index is -0.318. The highest BCUT2D eigenvalue weighted by Crippen LogP contribution is 2.29. The summed E-state index contributed by atoms with van der Waals surface area (Å²) < 4.78 is 20.3. The van der Waals surface area contributed by atoms with Gasteiger partial charge in [-0.15, -0.1) is 0 Å². The molecule has 0 bridgehead atoms. The van der Waals surface area contributed by atoms with Crippen LogP contribution in [0.3, 0.4) is 0 Å². The molecule has 0 radical (unpaired) electrons. The van der Waals surface area contributed by atoms with Crippen molar-refractivity contribution in [2.45, 2.75) is 20.4 Å². The van der Waals surface area contributed by atoms with E-state index >= 15 is 0 Å². The number of aromatic nitrogens is 1. The van der Waals surface area contributed by atoms with E-state index in [0.717, 1.165) is 23.5 Å². The van der Waals surface area contributed by atoms with Gasteiger partial charge in [-0.2, -0.15) is 0 Å². The topological polar surface area (TPSA) is 55.6 Å². The number of methoxy groups -OCH3 is 1. The van der Waals surface area contributed by atoms with E-state index in [9.17, 15) is 9.18 Å². The van der Waals surface area contributed by atoms with Crippen LogP contribution >= 0.6 is 11.8 Å². The van der Waals surface area contributed by atoms with Crippen LogP contribution in [0.15, 0.2) is 40.2 Å². The number of benzene rings is 1. The van der Waals surface area contributed by atoms with E-state index in [-0.39, 0.29) is 11.7 Å². The van der Waals surface area contributed by atoms with Crippen molar-refractivity contribution in [1.29, 1.82) is 0 Å². The summed E-state index contributed by atoms with van der Waals surface area (Å²) in [5.74, 6) is -0.501. The van der Waals surface area contributed by atoms with Crippen LogP contribution in [-0.4, -0.2) is 29.4 Å². The molecule has 2 heterocycles.